The maximum Gasteiger partial charge on any atom is 0.0135 e. The van der Waals surface area contributed by atoms with Gasteiger partial charge in [0.1, 0.15) is 0 Å². The molecule has 0 amide bonds. The van der Waals surface area contributed by atoms with Gasteiger partial charge >= 0.3 is 61.8 Å². The zero-order valence-electron chi connectivity index (χ0n) is 7.99. The maximum absolute atomic E-state index is 2.26. The van der Waals surface area contributed by atoms with Gasteiger partial charge in [-0.15, -0.1) is 0 Å². The molecule has 0 fully saturated rings. The molecule has 11 heavy (non-hydrogen) atoms. The van der Waals surface area contributed by atoms with Gasteiger partial charge in [-0.2, -0.15) is 0 Å². The SMILES string of the molecule is CC1=C(C)C[C]([Ti])=C1.C[SiH2]C. The van der Waals surface area contributed by atoms with Gasteiger partial charge in [-0.25, -0.2) is 0 Å². The summed E-state index contributed by atoms with van der Waals surface area (Å²) in [5.41, 5.74) is 2.99. The van der Waals surface area contributed by atoms with E-state index in [1.54, 1.807) is 0 Å². The van der Waals surface area contributed by atoms with Gasteiger partial charge in [0.25, 0.3) is 0 Å². The maximum atomic E-state index is 2.26. The summed E-state index contributed by atoms with van der Waals surface area (Å²) in [6, 6.07) is 0. The minimum absolute atomic E-state index is 0.417. The Balaban J connectivity index is 0.000000292. The van der Waals surface area contributed by atoms with Crippen molar-refractivity contribution in [3.63, 3.8) is 0 Å². The van der Waals surface area contributed by atoms with E-state index in [0.29, 0.717) is 9.52 Å². The number of hydrogen-bond acceptors (Lipinski definition) is 0. The normalized spacial score (nSPS) is 15.7. The molecule has 0 saturated heterocycles. The molecular weight excluding hydrogens is 184 g/mol. The molecular formula is C9H17SiTi. The largest absolute Gasteiger partial charge is 0.0750 e. The second-order valence-corrected chi connectivity index (χ2v) is 5.43. The van der Waals surface area contributed by atoms with Gasteiger partial charge < -0.3 is 0 Å². The number of hydrogen-bond donors (Lipinski definition) is 0. The van der Waals surface area contributed by atoms with E-state index in [1.165, 1.54) is 21.4 Å². The molecule has 0 aromatic rings. The molecule has 1 aliphatic rings. The zero-order valence-corrected chi connectivity index (χ0v) is 11.0. The standard InChI is InChI=1S/C7H9.C2H8Si.Ti/c1-6-4-3-5-7(6)2;1-3-2;/h4H,5H2,1-2H3;3H2,1-2H3;. The van der Waals surface area contributed by atoms with E-state index in [-0.39, 0.29) is 0 Å². The van der Waals surface area contributed by atoms with Gasteiger partial charge in [-0.1, -0.05) is 13.1 Å². The fourth-order valence-corrected chi connectivity index (χ4v) is 1.61. The van der Waals surface area contributed by atoms with E-state index in [1.807, 2.05) is 0 Å². The van der Waals surface area contributed by atoms with Crippen LogP contribution in [0.2, 0.25) is 13.1 Å². The van der Waals surface area contributed by atoms with E-state index < -0.39 is 0 Å². The average Bonchev–Trinajstić information content (AvgIpc) is 2.12. The first kappa shape index (κ1) is 11.4. The molecule has 0 N–H and O–H groups in total. The van der Waals surface area contributed by atoms with Crippen molar-refractivity contribution in [2.75, 3.05) is 0 Å². The minimum Gasteiger partial charge on any atom is -0.0750 e. The van der Waals surface area contributed by atoms with Gasteiger partial charge in [0, 0.05) is 9.52 Å². The number of rotatable bonds is 0. The molecule has 0 heterocycles. The predicted octanol–water partition coefficient (Wildman–Crippen LogP) is 2.41. The monoisotopic (exact) mass is 201 g/mol. The molecule has 0 bridgehead atoms. The van der Waals surface area contributed by atoms with Crippen molar-refractivity contribution in [3.05, 3.63) is 21.1 Å². The van der Waals surface area contributed by atoms with Crippen molar-refractivity contribution in [1.29, 1.82) is 0 Å². The van der Waals surface area contributed by atoms with Crippen molar-refractivity contribution in [1.82, 2.24) is 0 Å². The third-order valence-corrected chi connectivity index (χ3v) is 2.02. The summed E-state index contributed by atoms with van der Waals surface area (Å²) in [5, 5.41) is 0. The van der Waals surface area contributed by atoms with E-state index in [2.05, 4.69) is 53.5 Å². The van der Waals surface area contributed by atoms with Gasteiger partial charge in [0.05, 0.1) is 0 Å². The average molecular weight is 201 g/mol. The van der Waals surface area contributed by atoms with Crippen LogP contribution in [0.1, 0.15) is 20.3 Å². The Morgan fingerprint density at radius 3 is 1.91 bits per heavy atom. The first-order valence-electron chi connectivity index (χ1n) is 4.20. The fraction of sp³-hybridized carbons (Fsp3) is 0.556. The van der Waals surface area contributed by atoms with Crippen LogP contribution in [0, 0.1) is 0 Å². The predicted molar refractivity (Wildman–Crippen MR) is 51.3 cm³/mol. The molecule has 0 spiro atoms. The Kier molecular flexibility index (Phi) is 6.21. The van der Waals surface area contributed by atoms with Crippen LogP contribution in [0.3, 0.4) is 0 Å². The molecule has 0 atom stereocenters. The van der Waals surface area contributed by atoms with E-state index >= 15 is 0 Å². The first-order valence-corrected chi connectivity index (χ1v) is 7.81. The molecule has 0 aromatic carbocycles. The van der Waals surface area contributed by atoms with E-state index in [9.17, 15) is 0 Å². The summed E-state index contributed by atoms with van der Waals surface area (Å²) < 4.78 is 1.50. The number of allylic oxidation sites excluding steroid dienone is 4. The van der Waals surface area contributed by atoms with E-state index in [0.717, 1.165) is 0 Å². The second kappa shape index (κ2) is 5.99. The van der Waals surface area contributed by atoms with Crippen molar-refractivity contribution in [2.24, 2.45) is 0 Å². The zero-order chi connectivity index (χ0) is 8.85. The van der Waals surface area contributed by atoms with Crippen molar-refractivity contribution in [3.8, 4) is 0 Å². The smallest absolute Gasteiger partial charge is 0.0135 e. The summed E-state index contributed by atoms with van der Waals surface area (Å²) in [6.07, 6.45) is 3.46. The van der Waals surface area contributed by atoms with Crippen LogP contribution in [0.5, 0.6) is 0 Å². The fourth-order valence-electron chi connectivity index (χ4n) is 0.861. The first-order chi connectivity index (χ1) is 5.11. The molecule has 0 nitrogen and oxygen atoms in total. The molecule has 0 radical (unpaired) electrons. The second-order valence-electron chi connectivity index (χ2n) is 3.02. The molecule has 61 valence electrons. The molecule has 0 aliphatic heterocycles. The quantitative estimate of drug-likeness (QED) is 0.528. The van der Waals surface area contributed by atoms with Crippen LogP contribution in [-0.2, 0) is 20.4 Å². The summed E-state index contributed by atoms with van der Waals surface area (Å²) in [5.74, 6) is 0. The van der Waals surface area contributed by atoms with Crippen LogP contribution in [-0.4, -0.2) is 9.52 Å². The Bertz CT molecular complexity index is 180. The van der Waals surface area contributed by atoms with Gasteiger partial charge in [0.2, 0.25) is 0 Å². The Hall–Kier alpha value is 0.411. The van der Waals surface area contributed by atoms with Crippen LogP contribution in [0.15, 0.2) is 21.1 Å². The van der Waals surface area contributed by atoms with Gasteiger partial charge in [-0.3, -0.25) is 0 Å². The Labute approximate surface area is 84.4 Å². The van der Waals surface area contributed by atoms with Crippen LogP contribution >= 0.6 is 0 Å². The Morgan fingerprint density at radius 1 is 1.36 bits per heavy atom. The molecule has 1 rings (SSSR count). The van der Waals surface area contributed by atoms with Crippen LogP contribution in [0.4, 0.5) is 0 Å². The van der Waals surface area contributed by atoms with Crippen molar-refractivity contribution >= 4 is 9.52 Å². The van der Waals surface area contributed by atoms with E-state index in [4.69, 9.17) is 0 Å². The van der Waals surface area contributed by atoms with Gasteiger partial charge in [-0.05, 0) is 0 Å². The third kappa shape index (κ3) is 4.78. The van der Waals surface area contributed by atoms with Gasteiger partial charge in [0.15, 0.2) is 0 Å². The molecule has 1 aliphatic carbocycles. The van der Waals surface area contributed by atoms with Crippen molar-refractivity contribution in [2.45, 2.75) is 33.4 Å². The Morgan fingerprint density at radius 2 is 1.82 bits per heavy atom. The third-order valence-electron chi connectivity index (χ3n) is 1.52. The summed E-state index contributed by atoms with van der Waals surface area (Å²) in [6.45, 7) is 8.90. The molecule has 0 saturated carbocycles. The molecule has 0 aromatic heterocycles. The van der Waals surface area contributed by atoms with Crippen molar-refractivity contribution < 1.29 is 20.4 Å². The topological polar surface area (TPSA) is 0 Å². The molecule has 2 heteroatoms. The summed E-state index contributed by atoms with van der Waals surface area (Å²) in [7, 11) is 0.417. The molecule has 0 unspecified atom stereocenters. The van der Waals surface area contributed by atoms with Crippen LogP contribution in [0.25, 0.3) is 0 Å². The minimum atomic E-state index is 0.417. The summed E-state index contributed by atoms with van der Waals surface area (Å²) in [4.78, 5) is 0. The van der Waals surface area contributed by atoms with Crippen LogP contribution < -0.4 is 0 Å². The summed E-state index contributed by atoms with van der Waals surface area (Å²) >= 11 is 2.18.